The van der Waals surface area contributed by atoms with Crippen LogP contribution in [0.5, 0.6) is 0 Å². The summed E-state index contributed by atoms with van der Waals surface area (Å²) in [6.07, 6.45) is 0.260. The molecule has 0 unspecified atom stereocenters. The number of hydrogen-bond acceptors (Lipinski definition) is 6. The van der Waals surface area contributed by atoms with Crippen molar-refractivity contribution >= 4 is 40.7 Å². The van der Waals surface area contributed by atoms with Gasteiger partial charge in [-0.15, -0.1) is 23.7 Å². The molecular weight excluding hydrogens is 328 g/mol. The Morgan fingerprint density at radius 2 is 2.18 bits per heavy atom. The van der Waals surface area contributed by atoms with E-state index in [4.69, 9.17) is 10.2 Å². The molecule has 0 aromatic carbocycles. The molecule has 0 aliphatic heterocycles. The summed E-state index contributed by atoms with van der Waals surface area (Å²) in [4.78, 5) is 26.5. The molecule has 120 valence electrons. The van der Waals surface area contributed by atoms with Crippen LogP contribution in [0.25, 0.3) is 11.5 Å². The van der Waals surface area contributed by atoms with Crippen molar-refractivity contribution in [3.8, 4) is 11.5 Å². The maximum atomic E-state index is 11.4. The number of aromatic nitrogens is 1. The van der Waals surface area contributed by atoms with Crippen LogP contribution in [0.4, 0.5) is 5.13 Å². The van der Waals surface area contributed by atoms with Crippen LogP contribution in [-0.4, -0.2) is 23.3 Å². The van der Waals surface area contributed by atoms with Gasteiger partial charge in [-0.25, -0.2) is 4.98 Å². The quantitative estimate of drug-likeness (QED) is 0.739. The van der Waals surface area contributed by atoms with Gasteiger partial charge in [-0.05, 0) is 12.1 Å². The third-order valence-electron chi connectivity index (χ3n) is 2.55. The third kappa shape index (κ3) is 5.14. The van der Waals surface area contributed by atoms with Crippen molar-refractivity contribution in [3.05, 3.63) is 23.3 Å². The molecule has 0 spiro atoms. The molecule has 2 aromatic heterocycles. The molecule has 0 radical (unpaired) electrons. The van der Waals surface area contributed by atoms with E-state index in [1.807, 2.05) is 0 Å². The SMILES string of the molecule is CC(=O)NCc1ccc(-c2csc(NC(=O)CCN)n2)o1.Cl. The van der Waals surface area contributed by atoms with Gasteiger partial charge in [0.1, 0.15) is 11.5 Å². The van der Waals surface area contributed by atoms with Crippen LogP contribution in [0.3, 0.4) is 0 Å². The number of nitrogens with two attached hydrogens (primary N) is 1. The van der Waals surface area contributed by atoms with E-state index in [1.165, 1.54) is 18.3 Å². The molecule has 7 nitrogen and oxygen atoms in total. The number of nitrogens with one attached hydrogen (secondary N) is 2. The van der Waals surface area contributed by atoms with Crippen LogP contribution in [-0.2, 0) is 16.1 Å². The molecule has 0 fully saturated rings. The number of nitrogens with zero attached hydrogens (tertiary/aromatic N) is 1. The van der Waals surface area contributed by atoms with Crippen molar-refractivity contribution in [2.45, 2.75) is 19.9 Å². The first kappa shape index (κ1) is 18.1. The normalized spacial score (nSPS) is 9.91. The summed E-state index contributed by atoms with van der Waals surface area (Å²) in [5.74, 6) is 0.948. The summed E-state index contributed by atoms with van der Waals surface area (Å²) in [5.41, 5.74) is 5.95. The molecule has 9 heteroatoms. The Hall–Kier alpha value is -1.90. The largest absolute Gasteiger partial charge is 0.458 e. The Balaban J connectivity index is 0.00000242. The van der Waals surface area contributed by atoms with Crippen molar-refractivity contribution in [1.29, 1.82) is 0 Å². The number of halogens is 1. The molecule has 2 rings (SSSR count). The highest BCUT2D eigenvalue weighted by molar-refractivity contribution is 7.14. The lowest BCUT2D eigenvalue weighted by Crippen LogP contribution is -2.18. The number of furan rings is 1. The maximum Gasteiger partial charge on any atom is 0.227 e. The van der Waals surface area contributed by atoms with E-state index >= 15 is 0 Å². The second kappa shape index (κ2) is 8.52. The fourth-order valence-corrected chi connectivity index (χ4v) is 2.30. The molecule has 22 heavy (non-hydrogen) atoms. The number of carbonyl (C=O) groups excluding carboxylic acids is 2. The number of rotatable bonds is 6. The van der Waals surface area contributed by atoms with Gasteiger partial charge in [-0.1, -0.05) is 0 Å². The first-order valence-electron chi connectivity index (χ1n) is 6.37. The molecule has 0 bridgehead atoms. The molecule has 0 saturated heterocycles. The predicted molar refractivity (Wildman–Crippen MR) is 86.9 cm³/mol. The van der Waals surface area contributed by atoms with Crippen LogP contribution in [0.15, 0.2) is 21.9 Å². The molecule has 2 heterocycles. The van der Waals surface area contributed by atoms with Crippen LogP contribution >= 0.6 is 23.7 Å². The second-order valence-corrected chi connectivity index (χ2v) is 5.16. The van der Waals surface area contributed by atoms with E-state index in [0.29, 0.717) is 35.4 Å². The van der Waals surface area contributed by atoms with Crippen molar-refractivity contribution in [3.63, 3.8) is 0 Å². The third-order valence-corrected chi connectivity index (χ3v) is 3.31. The Kier molecular flexibility index (Phi) is 7.03. The lowest BCUT2D eigenvalue weighted by molar-refractivity contribution is -0.119. The highest BCUT2D eigenvalue weighted by Gasteiger charge is 2.11. The van der Waals surface area contributed by atoms with Crippen molar-refractivity contribution in [1.82, 2.24) is 10.3 Å². The van der Waals surface area contributed by atoms with Crippen molar-refractivity contribution in [2.24, 2.45) is 5.73 Å². The first-order chi connectivity index (χ1) is 10.1. The zero-order chi connectivity index (χ0) is 15.2. The van der Waals surface area contributed by atoms with Gasteiger partial charge in [0, 0.05) is 25.3 Å². The van der Waals surface area contributed by atoms with Gasteiger partial charge in [-0.2, -0.15) is 0 Å². The average molecular weight is 345 g/mol. The lowest BCUT2D eigenvalue weighted by atomic mass is 10.3. The highest BCUT2D eigenvalue weighted by Crippen LogP contribution is 2.26. The van der Waals surface area contributed by atoms with Crippen molar-refractivity contribution < 1.29 is 14.0 Å². The highest BCUT2D eigenvalue weighted by atomic mass is 35.5. The molecular formula is C13H17ClN4O3S. The smallest absolute Gasteiger partial charge is 0.227 e. The van der Waals surface area contributed by atoms with Gasteiger partial charge >= 0.3 is 0 Å². The van der Waals surface area contributed by atoms with E-state index in [0.717, 1.165) is 0 Å². The van der Waals surface area contributed by atoms with E-state index in [9.17, 15) is 9.59 Å². The monoisotopic (exact) mass is 344 g/mol. The molecule has 0 aliphatic rings. The standard InChI is InChI=1S/C13H16N4O3S.ClH/c1-8(18)15-6-9-2-3-11(20-9)10-7-21-13(16-10)17-12(19)4-5-14;/h2-3,7H,4-6,14H2,1H3,(H,15,18)(H,16,17,19);1H. The zero-order valence-corrected chi connectivity index (χ0v) is 13.6. The van der Waals surface area contributed by atoms with Crippen LogP contribution in [0.2, 0.25) is 0 Å². The van der Waals surface area contributed by atoms with E-state index in [2.05, 4.69) is 15.6 Å². The lowest BCUT2D eigenvalue weighted by Gasteiger charge is -1.98. The minimum absolute atomic E-state index is 0. The van der Waals surface area contributed by atoms with Gasteiger partial charge in [-0.3, -0.25) is 9.59 Å². The summed E-state index contributed by atoms with van der Waals surface area (Å²) in [5, 5.41) is 7.62. The van der Waals surface area contributed by atoms with Gasteiger partial charge in [0.05, 0.1) is 6.54 Å². The van der Waals surface area contributed by atoms with E-state index < -0.39 is 0 Å². The Morgan fingerprint density at radius 3 is 2.86 bits per heavy atom. The minimum Gasteiger partial charge on any atom is -0.458 e. The number of thiazole rings is 1. The summed E-state index contributed by atoms with van der Waals surface area (Å²) >= 11 is 1.31. The van der Waals surface area contributed by atoms with Gasteiger partial charge in [0.15, 0.2) is 10.9 Å². The molecule has 2 amide bonds. The number of amides is 2. The summed E-state index contributed by atoms with van der Waals surface area (Å²) in [7, 11) is 0. The maximum absolute atomic E-state index is 11.4. The Morgan fingerprint density at radius 1 is 1.41 bits per heavy atom. The number of hydrogen-bond donors (Lipinski definition) is 3. The Bertz CT molecular complexity index is 641. The number of carbonyl (C=O) groups is 2. The fourth-order valence-electron chi connectivity index (χ4n) is 1.58. The Labute approximate surface area is 137 Å². The molecule has 0 atom stereocenters. The average Bonchev–Trinajstić information content (AvgIpc) is 3.05. The van der Waals surface area contributed by atoms with Crippen LogP contribution < -0.4 is 16.4 Å². The number of anilines is 1. The molecule has 0 aliphatic carbocycles. The summed E-state index contributed by atoms with van der Waals surface area (Å²) in [6, 6.07) is 3.55. The van der Waals surface area contributed by atoms with E-state index in [1.54, 1.807) is 17.5 Å². The van der Waals surface area contributed by atoms with Gasteiger partial charge in [0.25, 0.3) is 0 Å². The fraction of sp³-hybridized carbons (Fsp3) is 0.308. The van der Waals surface area contributed by atoms with Crippen LogP contribution in [0, 0.1) is 0 Å². The van der Waals surface area contributed by atoms with E-state index in [-0.39, 0.29) is 30.6 Å². The summed E-state index contributed by atoms with van der Waals surface area (Å²) in [6.45, 7) is 2.08. The zero-order valence-electron chi connectivity index (χ0n) is 11.9. The van der Waals surface area contributed by atoms with Crippen molar-refractivity contribution in [2.75, 3.05) is 11.9 Å². The predicted octanol–water partition coefficient (Wildman–Crippen LogP) is 1.75. The molecule has 2 aromatic rings. The molecule has 0 saturated carbocycles. The minimum atomic E-state index is -0.163. The first-order valence-corrected chi connectivity index (χ1v) is 7.25. The molecule has 4 N–H and O–H groups in total. The van der Waals surface area contributed by atoms with Crippen LogP contribution in [0.1, 0.15) is 19.1 Å². The van der Waals surface area contributed by atoms with Gasteiger partial charge < -0.3 is 20.8 Å². The second-order valence-electron chi connectivity index (χ2n) is 4.30. The topological polar surface area (TPSA) is 110 Å². The summed E-state index contributed by atoms with van der Waals surface area (Å²) < 4.78 is 5.58. The van der Waals surface area contributed by atoms with Gasteiger partial charge in [0.2, 0.25) is 11.8 Å².